The first-order valence-corrected chi connectivity index (χ1v) is 8.24. The monoisotopic (exact) mass is 330 g/mol. The highest BCUT2D eigenvalue weighted by Gasteiger charge is 2.29. The average molecular weight is 330 g/mol. The van der Waals surface area contributed by atoms with Gasteiger partial charge in [0.05, 0.1) is 13.0 Å². The Morgan fingerprint density at radius 1 is 1.04 bits per heavy atom. The molecule has 4 nitrogen and oxygen atoms in total. The van der Waals surface area contributed by atoms with Gasteiger partial charge in [-0.1, -0.05) is 48.5 Å². The van der Waals surface area contributed by atoms with Crippen molar-refractivity contribution in [1.82, 2.24) is 5.43 Å². The second-order valence-corrected chi connectivity index (χ2v) is 6.08. The Kier molecular flexibility index (Phi) is 3.94. The number of nitrogens with one attached hydrogen (secondary N) is 1. The summed E-state index contributed by atoms with van der Waals surface area (Å²) in [5.41, 5.74) is 5.25. The maximum Gasteiger partial charge on any atom is 0.209 e. The second kappa shape index (κ2) is 6.40. The van der Waals surface area contributed by atoms with E-state index in [1.165, 1.54) is 0 Å². The third-order valence-electron chi connectivity index (χ3n) is 4.59. The van der Waals surface area contributed by atoms with Crippen molar-refractivity contribution in [3.63, 3.8) is 0 Å². The van der Waals surface area contributed by atoms with Gasteiger partial charge in [-0.15, -0.1) is 0 Å². The first-order valence-electron chi connectivity index (χ1n) is 8.24. The molecular formula is C21H18N2O2. The molecule has 25 heavy (non-hydrogen) atoms. The van der Waals surface area contributed by atoms with Gasteiger partial charge in [0.25, 0.3) is 0 Å². The van der Waals surface area contributed by atoms with Crippen LogP contribution in [0.4, 0.5) is 0 Å². The van der Waals surface area contributed by atoms with Crippen LogP contribution in [0.1, 0.15) is 21.8 Å². The number of methoxy groups -OCH3 is 1. The van der Waals surface area contributed by atoms with E-state index in [9.17, 15) is 4.79 Å². The summed E-state index contributed by atoms with van der Waals surface area (Å²) in [6.45, 7) is 0.626. The van der Waals surface area contributed by atoms with Crippen molar-refractivity contribution < 1.29 is 9.53 Å². The van der Waals surface area contributed by atoms with Crippen molar-refractivity contribution in [3.8, 4) is 5.75 Å². The van der Waals surface area contributed by atoms with Crippen molar-refractivity contribution in [3.05, 3.63) is 77.9 Å². The van der Waals surface area contributed by atoms with E-state index in [0.29, 0.717) is 17.8 Å². The van der Waals surface area contributed by atoms with E-state index >= 15 is 0 Å². The van der Waals surface area contributed by atoms with Crippen LogP contribution >= 0.6 is 0 Å². The molecule has 1 atom stereocenters. The summed E-state index contributed by atoms with van der Waals surface area (Å²) in [5.74, 6) is 0.718. The zero-order chi connectivity index (χ0) is 17.2. The molecular weight excluding hydrogens is 312 g/mol. The number of fused-ring (bicyclic) bond motifs is 1. The van der Waals surface area contributed by atoms with Crippen LogP contribution in [0, 0.1) is 0 Å². The minimum Gasteiger partial charge on any atom is -0.497 e. The third-order valence-corrected chi connectivity index (χ3v) is 4.59. The molecule has 0 radical (unpaired) electrons. The van der Waals surface area contributed by atoms with E-state index < -0.39 is 0 Å². The molecule has 0 spiro atoms. The molecule has 1 N–H and O–H groups in total. The van der Waals surface area contributed by atoms with Gasteiger partial charge in [-0.25, -0.2) is 0 Å². The van der Waals surface area contributed by atoms with Gasteiger partial charge in [-0.05, 0) is 34.5 Å². The minimum atomic E-state index is -0.0510. The van der Waals surface area contributed by atoms with Crippen molar-refractivity contribution in [2.24, 2.45) is 5.10 Å². The maximum absolute atomic E-state index is 13.0. The number of benzene rings is 3. The lowest BCUT2D eigenvalue weighted by Gasteiger charge is -2.12. The molecule has 0 fully saturated rings. The van der Waals surface area contributed by atoms with Crippen LogP contribution in [0.2, 0.25) is 0 Å². The van der Waals surface area contributed by atoms with Gasteiger partial charge >= 0.3 is 0 Å². The number of hydrogen-bond donors (Lipinski definition) is 1. The van der Waals surface area contributed by atoms with Crippen LogP contribution in [0.15, 0.2) is 71.8 Å². The predicted octanol–water partition coefficient (Wildman–Crippen LogP) is 3.77. The zero-order valence-electron chi connectivity index (χ0n) is 13.9. The van der Waals surface area contributed by atoms with Crippen LogP contribution in [-0.2, 0) is 0 Å². The van der Waals surface area contributed by atoms with Crippen molar-refractivity contribution in [2.75, 3.05) is 13.7 Å². The standard InChI is InChI=1S/C21H18N2O2/c1-25-18-10-8-15(9-11-18)19-13-22-23-20(19)21(24)17-7-6-14-4-2-3-5-16(14)12-17/h2-12,19,22H,13H2,1H3. The lowest BCUT2D eigenvalue weighted by atomic mass is 9.90. The molecule has 0 saturated carbocycles. The number of Topliss-reactive ketones (excluding diaryl/α,β-unsaturated/α-hetero) is 1. The smallest absolute Gasteiger partial charge is 0.209 e. The Morgan fingerprint density at radius 3 is 2.56 bits per heavy atom. The Labute approximate surface area is 146 Å². The molecule has 1 aliphatic rings. The normalized spacial score (nSPS) is 16.4. The van der Waals surface area contributed by atoms with Gasteiger partial charge in [-0.3, -0.25) is 4.79 Å². The van der Waals surface area contributed by atoms with Gasteiger partial charge in [0.1, 0.15) is 11.5 Å². The molecule has 1 heterocycles. The SMILES string of the molecule is COc1ccc(C2CNN=C2C(=O)c2ccc3ccccc3c2)cc1. The van der Waals surface area contributed by atoms with Crippen LogP contribution in [-0.4, -0.2) is 25.1 Å². The molecule has 0 bridgehead atoms. The molecule has 0 saturated heterocycles. The van der Waals surface area contributed by atoms with Gasteiger partial charge in [0.2, 0.25) is 5.78 Å². The van der Waals surface area contributed by atoms with E-state index in [2.05, 4.69) is 10.5 Å². The number of rotatable bonds is 4. The highest BCUT2D eigenvalue weighted by atomic mass is 16.5. The summed E-state index contributed by atoms with van der Waals surface area (Å²) in [6, 6.07) is 21.6. The quantitative estimate of drug-likeness (QED) is 0.741. The van der Waals surface area contributed by atoms with E-state index in [1.54, 1.807) is 7.11 Å². The van der Waals surface area contributed by atoms with Crippen molar-refractivity contribution >= 4 is 22.3 Å². The summed E-state index contributed by atoms with van der Waals surface area (Å²) in [5, 5.41) is 6.46. The lowest BCUT2D eigenvalue weighted by Crippen LogP contribution is -2.21. The highest BCUT2D eigenvalue weighted by molar-refractivity contribution is 6.48. The molecule has 1 unspecified atom stereocenters. The number of carbonyl (C=O) groups excluding carboxylic acids is 1. The fraction of sp³-hybridized carbons (Fsp3) is 0.143. The summed E-state index contributed by atoms with van der Waals surface area (Å²) in [7, 11) is 1.64. The number of hydrogen-bond acceptors (Lipinski definition) is 4. The van der Waals surface area contributed by atoms with Gasteiger partial charge in [-0.2, -0.15) is 5.10 Å². The first kappa shape index (κ1) is 15.4. The topological polar surface area (TPSA) is 50.7 Å². The minimum absolute atomic E-state index is 0.0310. The lowest BCUT2D eigenvalue weighted by molar-refractivity contribution is 0.106. The molecule has 3 aromatic rings. The average Bonchev–Trinajstić information content (AvgIpc) is 3.17. The molecule has 4 rings (SSSR count). The van der Waals surface area contributed by atoms with E-state index in [1.807, 2.05) is 66.7 Å². The Balaban J connectivity index is 1.65. The predicted molar refractivity (Wildman–Crippen MR) is 99.5 cm³/mol. The highest BCUT2D eigenvalue weighted by Crippen LogP contribution is 2.25. The first-order chi connectivity index (χ1) is 12.3. The number of ether oxygens (including phenoxy) is 1. The van der Waals surface area contributed by atoms with E-state index in [4.69, 9.17) is 4.74 Å². The van der Waals surface area contributed by atoms with E-state index in [-0.39, 0.29) is 11.7 Å². The number of carbonyl (C=O) groups is 1. The zero-order valence-corrected chi connectivity index (χ0v) is 13.9. The number of hydrazone groups is 1. The van der Waals surface area contributed by atoms with Crippen LogP contribution < -0.4 is 10.2 Å². The van der Waals surface area contributed by atoms with Crippen LogP contribution in [0.25, 0.3) is 10.8 Å². The Hall–Kier alpha value is -3.14. The Bertz CT molecular complexity index is 961. The fourth-order valence-corrected chi connectivity index (χ4v) is 3.20. The van der Waals surface area contributed by atoms with Crippen molar-refractivity contribution in [1.29, 1.82) is 0 Å². The van der Waals surface area contributed by atoms with E-state index in [0.717, 1.165) is 22.1 Å². The molecule has 0 aliphatic carbocycles. The number of ketones is 1. The second-order valence-electron chi connectivity index (χ2n) is 6.08. The Morgan fingerprint density at radius 2 is 1.80 bits per heavy atom. The largest absolute Gasteiger partial charge is 0.497 e. The third kappa shape index (κ3) is 2.87. The van der Waals surface area contributed by atoms with Crippen molar-refractivity contribution in [2.45, 2.75) is 5.92 Å². The molecule has 0 amide bonds. The summed E-state index contributed by atoms with van der Waals surface area (Å²) in [4.78, 5) is 13.0. The fourth-order valence-electron chi connectivity index (χ4n) is 3.20. The van der Waals surface area contributed by atoms with Crippen LogP contribution in [0.3, 0.4) is 0 Å². The van der Waals surface area contributed by atoms with Gasteiger partial charge < -0.3 is 10.2 Å². The summed E-state index contributed by atoms with van der Waals surface area (Å²) < 4.78 is 5.20. The molecule has 4 heteroatoms. The van der Waals surface area contributed by atoms with Crippen LogP contribution in [0.5, 0.6) is 5.75 Å². The molecule has 0 aromatic heterocycles. The summed E-state index contributed by atoms with van der Waals surface area (Å²) in [6.07, 6.45) is 0. The summed E-state index contributed by atoms with van der Waals surface area (Å²) >= 11 is 0. The maximum atomic E-state index is 13.0. The van der Waals surface area contributed by atoms with Gasteiger partial charge in [0, 0.05) is 12.1 Å². The molecule has 3 aromatic carbocycles. The van der Waals surface area contributed by atoms with Gasteiger partial charge in [0.15, 0.2) is 0 Å². The number of nitrogens with zero attached hydrogens (tertiary/aromatic N) is 1. The molecule has 1 aliphatic heterocycles. The molecule has 124 valence electrons.